The van der Waals surface area contributed by atoms with Crippen molar-refractivity contribution in [3.05, 3.63) is 94.8 Å². The summed E-state index contributed by atoms with van der Waals surface area (Å²) in [4.78, 5) is 6.16. The molecule has 0 unspecified atom stereocenters. The number of nitriles is 1. The molecule has 0 aliphatic carbocycles. The number of rotatable bonds is 6. The van der Waals surface area contributed by atoms with Gasteiger partial charge in [-0.1, -0.05) is 23.7 Å². The predicted octanol–water partition coefficient (Wildman–Crippen LogP) is 5.81. The van der Waals surface area contributed by atoms with Crippen molar-refractivity contribution in [2.45, 2.75) is 13.1 Å². The molecule has 0 aliphatic heterocycles. The molecule has 144 valence electrons. The maximum atomic E-state index is 13.3. The van der Waals surface area contributed by atoms with Crippen LogP contribution in [-0.4, -0.2) is 4.98 Å². The van der Waals surface area contributed by atoms with Crippen LogP contribution in [0.1, 0.15) is 17.0 Å². The molecule has 0 fully saturated rings. The first-order valence-corrected chi connectivity index (χ1v) is 9.19. The second-order valence-corrected chi connectivity index (χ2v) is 6.79. The second-order valence-electron chi connectivity index (χ2n) is 6.35. The third-order valence-corrected chi connectivity index (χ3v) is 4.56. The van der Waals surface area contributed by atoms with Crippen molar-refractivity contribution in [1.29, 1.82) is 5.26 Å². The number of halogens is 2. The van der Waals surface area contributed by atoms with Crippen LogP contribution < -0.4 is 4.90 Å². The molecular formula is C22H15ClFN3O2. The smallest absolute Gasteiger partial charge is 0.235 e. The fourth-order valence-corrected chi connectivity index (χ4v) is 3.04. The van der Waals surface area contributed by atoms with E-state index in [1.807, 2.05) is 11.0 Å². The second kappa shape index (κ2) is 8.21. The fraction of sp³-hybridized carbons (Fsp3) is 0.0909. The normalized spacial score (nSPS) is 10.7. The predicted molar refractivity (Wildman–Crippen MR) is 107 cm³/mol. The first-order valence-electron chi connectivity index (χ1n) is 8.81. The number of aromatic nitrogens is 1. The van der Waals surface area contributed by atoms with Gasteiger partial charge in [-0.25, -0.2) is 4.39 Å². The van der Waals surface area contributed by atoms with E-state index in [1.165, 1.54) is 12.1 Å². The average Bonchev–Trinajstić information content (AvgIpc) is 3.39. The van der Waals surface area contributed by atoms with E-state index in [-0.39, 0.29) is 11.5 Å². The Labute approximate surface area is 171 Å². The van der Waals surface area contributed by atoms with E-state index in [0.29, 0.717) is 41.2 Å². The van der Waals surface area contributed by atoms with Gasteiger partial charge in [0.15, 0.2) is 0 Å². The van der Waals surface area contributed by atoms with E-state index in [2.05, 4.69) is 11.1 Å². The van der Waals surface area contributed by atoms with Gasteiger partial charge in [0.05, 0.1) is 12.8 Å². The minimum Gasteiger partial charge on any atom is -0.467 e. The third-order valence-electron chi connectivity index (χ3n) is 4.31. The lowest BCUT2D eigenvalue weighted by atomic mass is 10.2. The molecule has 4 rings (SSSR count). The summed E-state index contributed by atoms with van der Waals surface area (Å²) >= 11 is 5.95. The molecule has 0 amide bonds. The first-order chi connectivity index (χ1) is 14.1. The Morgan fingerprint density at radius 1 is 1.03 bits per heavy atom. The van der Waals surface area contributed by atoms with Gasteiger partial charge in [0.25, 0.3) is 0 Å². The molecule has 0 aliphatic rings. The van der Waals surface area contributed by atoms with Crippen LogP contribution in [0.2, 0.25) is 5.02 Å². The zero-order chi connectivity index (χ0) is 20.2. The van der Waals surface area contributed by atoms with E-state index in [0.717, 1.165) is 5.56 Å². The monoisotopic (exact) mass is 407 g/mol. The summed E-state index contributed by atoms with van der Waals surface area (Å²) in [5.74, 6) is 1.02. The summed E-state index contributed by atoms with van der Waals surface area (Å²) in [6.07, 6.45) is 1.58. The molecule has 2 aromatic carbocycles. The lowest BCUT2D eigenvalue weighted by molar-refractivity contribution is 0.483. The van der Waals surface area contributed by atoms with Crippen molar-refractivity contribution in [2.24, 2.45) is 0 Å². The van der Waals surface area contributed by atoms with Gasteiger partial charge in [-0.3, -0.25) is 0 Å². The zero-order valence-corrected chi connectivity index (χ0v) is 15.9. The zero-order valence-electron chi connectivity index (χ0n) is 15.2. The van der Waals surface area contributed by atoms with Crippen LogP contribution in [0.3, 0.4) is 0 Å². The number of oxazole rings is 1. The minimum absolute atomic E-state index is 0.156. The van der Waals surface area contributed by atoms with E-state index >= 15 is 0 Å². The van der Waals surface area contributed by atoms with E-state index < -0.39 is 0 Å². The Bertz CT molecular complexity index is 1130. The molecule has 29 heavy (non-hydrogen) atoms. The molecule has 0 bridgehead atoms. The summed E-state index contributed by atoms with van der Waals surface area (Å²) in [6.45, 7) is 0.735. The molecule has 2 heterocycles. The Morgan fingerprint density at radius 3 is 2.45 bits per heavy atom. The van der Waals surface area contributed by atoms with Crippen LogP contribution >= 0.6 is 11.6 Å². The van der Waals surface area contributed by atoms with E-state index in [4.69, 9.17) is 20.4 Å². The Kier molecular flexibility index (Phi) is 5.32. The number of hydrogen-bond donors (Lipinski definition) is 0. The quantitative estimate of drug-likeness (QED) is 0.403. The van der Waals surface area contributed by atoms with Crippen molar-refractivity contribution < 1.29 is 13.2 Å². The molecule has 0 N–H and O–H groups in total. The van der Waals surface area contributed by atoms with E-state index in [9.17, 15) is 9.65 Å². The number of anilines is 1. The van der Waals surface area contributed by atoms with Gasteiger partial charge in [-0.2, -0.15) is 10.2 Å². The Hall–Kier alpha value is -3.56. The maximum Gasteiger partial charge on any atom is 0.235 e. The highest BCUT2D eigenvalue weighted by molar-refractivity contribution is 6.30. The lowest BCUT2D eigenvalue weighted by Gasteiger charge is -2.21. The largest absolute Gasteiger partial charge is 0.467 e. The van der Waals surface area contributed by atoms with Gasteiger partial charge in [0.2, 0.25) is 17.5 Å². The van der Waals surface area contributed by atoms with Gasteiger partial charge >= 0.3 is 0 Å². The van der Waals surface area contributed by atoms with Gasteiger partial charge in [-0.15, -0.1) is 0 Å². The average molecular weight is 408 g/mol. The Morgan fingerprint density at radius 2 is 1.79 bits per heavy atom. The number of furan rings is 1. The minimum atomic E-state index is -0.311. The van der Waals surface area contributed by atoms with Gasteiger partial charge in [0, 0.05) is 17.1 Å². The van der Waals surface area contributed by atoms with Gasteiger partial charge in [0.1, 0.15) is 17.6 Å². The van der Waals surface area contributed by atoms with E-state index in [1.54, 1.807) is 48.7 Å². The van der Waals surface area contributed by atoms with Crippen molar-refractivity contribution >= 4 is 17.5 Å². The molecule has 2 aromatic heterocycles. The molecular weight excluding hydrogens is 393 g/mol. The van der Waals surface area contributed by atoms with Crippen LogP contribution in [-0.2, 0) is 13.1 Å². The Balaban J connectivity index is 1.71. The maximum absolute atomic E-state index is 13.3. The molecule has 0 spiro atoms. The van der Waals surface area contributed by atoms with Crippen molar-refractivity contribution in [3.8, 4) is 17.5 Å². The molecule has 0 saturated heterocycles. The first kappa shape index (κ1) is 18.8. The molecule has 7 heteroatoms. The fourth-order valence-electron chi connectivity index (χ4n) is 2.92. The van der Waals surface area contributed by atoms with Gasteiger partial charge < -0.3 is 13.7 Å². The number of hydrogen-bond acceptors (Lipinski definition) is 5. The summed E-state index contributed by atoms with van der Waals surface area (Å²) in [5, 5.41) is 10.2. The van der Waals surface area contributed by atoms with Crippen LogP contribution in [0.5, 0.6) is 0 Å². The number of benzene rings is 2. The molecule has 0 radical (unpaired) electrons. The van der Waals surface area contributed by atoms with Crippen molar-refractivity contribution in [1.82, 2.24) is 4.98 Å². The van der Waals surface area contributed by atoms with Crippen LogP contribution in [0, 0.1) is 17.1 Å². The summed E-state index contributed by atoms with van der Waals surface area (Å²) in [6, 6.07) is 18.9. The van der Waals surface area contributed by atoms with Crippen LogP contribution in [0.4, 0.5) is 10.3 Å². The molecule has 5 nitrogen and oxygen atoms in total. The summed E-state index contributed by atoms with van der Waals surface area (Å²) in [7, 11) is 0. The van der Waals surface area contributed by atoms with Crippen LogP contribution in [0.15, 0.2) is 75.8 Å². The van der Waals surface area contributed by atoms with Gasteiger partial charge in [-0.05, 0) is 54.1 Å². The molecule has 0 atom stereocenters. The highest BCUT2D eigenvalue weighted by atomic mass is 35.5. The molecule has 0 saturated carbocycles. The SMILES string of the molecule is N#Cc1nc(-c2ccc(Cl)cc2)oc1N(Cc1ccc(F)cc1)Cc1ccco1. The topological polar surface area (TPSA) is 66.2 Å². The highest BCUT2D eigenvalue weighted by Gasteiger charge is 2.22. The third kappa shape index (κ3) is 4.31. The lowest BCUT2D eigenvalue weighted by Crippen LogP contribution is -2.22. The number of nitrogens with zero attached hydrogens (tertiary/aromatic N) is 3. The summed E-state index contributed by atoms with van der Waals surface area (Å²) < 4.78 is 24.7. The standard InChI is InChI=1S/C22H15ClFN3O2/c23-17-7-5-16(6-8-17)21-26-20(12-25)22(29-21)27(14-19-2-1-11-28-19)13-15-3-9-18(24)10-4-15/h1-11H,13-14H2. The molecule has 4 aromatic rings. The highest BCUT2D eigenvalue weighted by Crippen LogP contribution is 2.31. The summed E-state index contributed by atoms with van der Waals surface area (Å²) in [5.41, 5.74) is 1.71. The van der Waals surface area contributed by atoms with Crippen molar-refractivity contribution in [3.63, 3.8) is 0 Å². The van der Waals surface area contributed by atoms with Crippen molar-refractivity contribution in [2.75, 3.05) is 4.90 Å². The van der Waals surface area contributed by atoms with Crippen LogP contribution in [0.25, 0.3) is 11.5 Å².